The highest BCUT2D eigenvalue weighted by Gasteiger charge is 2.19. The SMILES string of the molecule is N/C=C/C#Cc1cc(NC(=O)c2ccc(CN3CC[C@@H](O)C3)cc2)ccn1. The molecule has 1 aliphatic heterocycles. The average molecular weight is 362 g/mol. The van der Waals surface area contributed by atoms with E-state index in [1.807, 2.05) is 24.3 Å². The van der Waals surface area contributed by atoms with Gasteiger partial charge in [-0.25, -0.2) is 4.98 Å². The van der Waals surface area contributed by atoms with Crippen LogP contribution in [0.2, 0.25) is 0 Å². The van der Waals surface area contributed by atoms with Crippen molar-refractivity contribution in [3.05, 3.63) is 71.7 Å². The lowest BCUT2D eigenvalue weighted by molar-refractivity contribution is 0.102. The number of likely N-dealkylation sites (tertiary alicyclic amines) is 1. The summed E-state index contributed by atoms with van der Waals surface area (Å²) in [5.74, 6) is 5.40. The highest BCUT2D eigenvalue weighted by Crippen LogP contribution is 2.15. The van der Waals surface area contributed by atoms with E-state index in [1.54, 1.807) is 18.3 Å². The summed E-state index contributed by atoms with van der Waals surface area (Å²) < 4.78 is 0. The van der Waals surface area contributed by atoms with Crippen LogP contribution < -0.4 is 11.1 Å². The number of hydrogen-bond donors (Lipinski definition) is 3. The third-order valence-corrected chi connectivity index (χ3v) is 4.27. The van der Waals surface area contributed by atoms with Gasteiger partial charge in [0, 0.05) is 49.4 Å². The van der Waals surface area contributed by atoms with Crippen LogP contribution in [-0.2, 0) is 6.54 Å². The molecule has 0 spiro atoms. The van der Waals surface area contributed by atoms with Crippen molar-refractivity contribution in [3.63, 3.8) is 0 Å². The molecule has 0 bridgehead atoms. The molecule has 1 aromatic heterocycles. The van der Waals surface area contributed by atoms with E-state index in [-0.39, 0.29) is 12.0 Å². The number of pyridine rings is 1. The minimum Gasteiger partial charge on any atom is -0.404 e. The van der Waals surface area contributed by atoms with Crippen LogP contribution in [0.1, 0.15) is 28.0 Å². The van der Waals surface area contributed by atoms with Crippen molar-refractivity contribution >= 4 is 11.6 Å². The number of rotatable bonds is 4. The summed E-state index contributed by atoms with van der Waals surface area (Å²) in [6.45, 7) is 2.39. The van der Waals surface area contributed by atoms with Gasteiger partial charge in [0.2, 0.25) is 0 Å². The Morgan fingerprint density at radius 1 is 1.37 bits per heavy atom. The fourth-order valence-electron chi connectivity index (χ4n) is 2.92. The van der Waals surface area contributed by atoms with E-state index in [2.05, 4.69) is 27.0 Å². The minimum atomic E-state index is -0.226. The maximum absolute atomic E-state index is 12.4. The number of carbonyl (C=O) groups excluding carboxylic acids is 1. The Labute approximate surface area is 158 Å². The number of allylic oxidation sites excluding steroid dienone is 1. The number of carbonyl (C=O) groups is 1. The molecular weight excluding hydrogens is 340 g/mol. The van der Waals surface area contributed by atoms with Gasteiger partial charge in [0.1, 0.15) is 5.69 Å². The first-order valence-corrected chi connectivity index (χ1v) is 8.79. The largest absolute Gasteiger partial charge is 0.404 e. The molecule has 0 unspecified atom stereocenters. The third-order valence-electron chi connectivity index (χ3n) is 4.27. The predicted molar refractivity (Wildman–Crippen MR) is 105 cm³/mol. The maximum Gasteiger partial charge on any atom is 0.255 e. The van der Waals surface area contributed by atoms with E-state index < -0.39 is 0 Å². The Morgan fingerprint density at radius 3 is 2.89 bits per heavy atom. The lowest BCUT2D eigenvalue weighted by Gasteiger charge is -2.15. The summed E-state index contributed by atoms with van der Waals surface area (Å²) in [6.07, 6.45) is 5.07. The van der Waals surface area contributed by atoms with Gasteiger partial charge in [-0.1, -0.05) is 18.1 Å². The number of anilines is 1. The molecule has 3 rings (SSSR count). The molecule has 27 heavy (non-hydrogen) atoms. The third kappa shape index (κ3) is 5.42. The lowest BCUT2D eigenvalue weighted by atomic mass is 10.1. The molecule has 2 aromatic rings. The molecule has 1 fully saturated rings. The monoisotopic (exact) mass is 362 g/mol. The van der Waals surface area contributed by atoms with Crippen LogP contribution >= 0.6 is 0 Å². The van der Waals surface area contributed by atoms with Crippen LogP contribution in [0.25, 0.3) is 0 Å². The van der Waals surface area contributed by atoms with E-state index in [0.717, 1.165) is 25.1 Å². The number of nitrogens with one attached hydrogen (secondary N) is 1. The summed E-state index contributed by atoms with van der Waals surface area (Å²) in [7, 11) is 0. The fourth-order valence-corrected chi connectivity index (χ4v) is 2.92. The van der Waals surface area contributed by atoms with E-state index >= 15 is 0 Å². The molecule has 1 aliphatic rings. The van der Waals surface area contributed by atoms with E-state index in [1.165, 1.54) is 12.3 Å². The Bertz CT molecular complexity index is 881. The van der Waals surface area contributed by atoms with Crippen LogP contribution in [0.4, 0.5) is 5.69 Å². The van der Waals surface area contributed by atoms with Gasteiger partial charge < -0.3 is 16.2 Å². The zero-order valence-corrected chi connectivity index (χ0v) is 14.9. The summed E-state index contributed by atoms with van der Waals surface area (Å²) in [5.41, 5.74) is 8.12. The van der Waals surface area contributed by atoms with Crippen molar-refractivity contribution in [1.29, 1.82) is 0 Å². The molecular formula is C21H22N4O2. The number of aromatic nitrogens is 1. The minimum absolute atomic E-state index is 0.190. The molecule has 0 aliphatic carbocycles. The first-order chi connectivity index (χ1) is 13.1. The van der Waals surface area contributed by atoms with Crippen molar-refractivity contribution in [1.82, 2.24) is 9.88 Å². The molecule has 0 radical (unpaired) electrons. The van der Waals surface area contributed by atoms with Gasteiger partial charge in [-0.05, 0) is 42.2 Å². The molecule has 1 saturated heterocycles. The van der Waals surface area contributed by atoms with Crippen molar-refractivity contribution in [2.24, 2.45) is 5.73 Å². The lowest BCUT2D eigenvalue weighted by Crippen LogP contribution is -2.21. The van der Waals surface area contributed by atoms with Gasteiger partial charge in [-0.15, -0.1) is 0 Å². The molecule has 0 saturated carbocycles. The summed E-state index contributed by atoms with van der Waals surface area (Å²) in [4.78, 5) is 18.8. The second-order valence-corrected chi connectivity index (χ2v) is 6.39. The number of benzene rings is 1. The molecule has 138 valence electrons. The molecule has 2 heterocycles. The van der Waals surface area contributed by atoms with Crippen molar-refractivity contribution in [2.75, 3.05) is 18.4 Å². The number of nitrogens with zero attached hydrogens (tertiary/aromatic N) is 2. The number of aliphatic hydroxyl groups excluding tert-OH is 1. The van der Waals surface area contributed by atoms with Gasteiger partial charge in [0.05, 0.1) is 6.10 Å². The Balaban J connectivity index is 1.61. The Kier molecular flexibility index (Phi) is 6.21. The van der Waals surface area contributed by atoms with Crippen molar-refractivity contribution < 1.29 is 9.90 Å². The normalized spacial score (nSPS) is 16.9. The van der Waals surface area contributed by atoms with Crippen LogP contribution in [0.15, 0.2) is 54.9 Å². The number of nitrogens with two attached hydrogens (primary N) is 1. The van der Waals surface area contributed by atoms with Gasteiger partial charge in [0.25, 0.3) is 5.91 Å². The molecule has 1 amide bonds. The smallest absolute Gasteiger partial charge is 0.255 e. The standard InChI is InChI=1S/C21H22N4O2/c22-10-2-1-3-18-13-19(8-11-23-18)24-21(27)17-6-4-16(5-7-17)14-25-12-9-20(26)15-25/h2,4-8,10-11,13,20,26H,9,12,14-15,22H2,(H,23,24,27)/b10-2+/t20-/m1/s1. The predicted octanol–water partition coefficient (Wildman–Crippen LogP) is 1.72. The fraction of sp³-hybridized carbons (Fsp3) is 0.238. The molecule has 1 atom stereocenters. The molecule has 6 heteroatoms. The number of amides is 1. The number of aliphatic hydroxyl groups is 1. The molecule has 6 nitrogen and oxygen atoms in total. The zero-order chi connectivity index (χ0) is 19.1. The first-order valence-electron chi connectivity index (χ1n) is 8.79. The number of β-amino-alcohol motifs (C(OH)–C–C–N with tert-alkyl or cyclic N) is 1. The van der Waals surface area contributed by atoms with Gasteiger partial charge in [-0.3, -0.25) is 9.69 Å². The molecule has 1 aromatic carbocycles. The highest BCUT2D eigenvalue weighted by molar-refractivity contribution is 6.04. The van der Waals surface area contributed by atoms with Gasteiger partial charge in [0.15, 0.2) is 0 Å². The second-order valence-electron chi connectivity index (χ2n) is 6.39. The number of hydrogen-bond acceptors (Lipinski definition) is 5. The van der Waals surface area contributed by atoms with E-state index in [0.29, 0.717) is 23.5 Å². The van der Waals surface area contributed by atoms with Crippen LogP contribution in [0, 0.1) is 11.8 Å². The summed E-state index contributed by atoms with van der Waals surface area (Å²) >= 11 is 0. The van der Waals surface area contributed by atoms with Crippen LogP contribution in [0.5, 0.6) is 0 Å². The highest BCUT2D eigenvalue weighted by atomic mass is 16.3. The Morgan fingerprint density at radius 2 is 2.19 bits per heavy atom. The topological polar surface area (TPSA) is 91.5 Å². The van der Waals surface area contributed by atoms with Gasteiger partial charge >= 0.3 is 0 Å². The van der Waals surface area contributed by atoms with Crippen molar-refractivity contribution in [2.45, 2.75) is 19.1 Å². The van der Waals surface area contributed by atoms with E-state index in [9.17, 15) is 9.90 Å². The maximum atomic E-state index is 12.4. The summed E-state index contributed by atoms with van der Waals surface area (Å²) in [6, 6.07) is 10.9. The van der Waals surface area contributed by atoms with Crippen LogP contribution in [-0.4, -0.2) is 40.1 Å². The average Bonchev–Trinajstić information content (AvgIpc) is 3.07. The van der Waals surface area contributed by atoms with Crippen LogP contribution in [0.3, 0.4) is 0 Å². The van der Waals surface area contributed by atoms with E-state index in [4.69, 9.17) is 5.73 Å². The summed E-state index contributed by atoms with van der Waals surface area (Å²) in [5, 5.41) is 12.5. The first kappa shape index (κ1) is 18.6. The quantitative estimate of drug-likeness (QED) is 0.721. The second kappa shape index (κ2) is 8.99. The zero-order valence-electron chi connectivity index (χ0n) is 14.9. The Hall–Kier alpha value is -3.14. The molecule has 4 N–H and O–H groups in total. The van der Waals surface area contributed by atoms with Gasteiger partial charge in [-0.2, -0.15) is 0 Å². The van der Waals surface area contributed by atoms with Crippen molar-refractivity contribution in [3.8, 4) is 11.8 Å².